The van der Waals surface area contributed by atoms with Crippen LogP contribution >= 0.6 is 0 Å². The van der Waals surface area contributed by atoms with Crippen molar-refractivity contribution in [3.05, 3.63) is 12.2 Å². The van der Waals surface area contributed by atoms with E-state index < -0.39 is 0 Å². The van der Waals surface area contributed by atoms with Crippen molar-refractivity contribution >= 4 is 11.8 Å². The van der Waals surface area contributed by atoms with E-state index in [9.17, 15) is 9.59 Å². The summed E-state index contributed by atoms with van der Waals surface area (Å²) < 4.78 is 0. The van der Waals surface area contributed by atoms with Crippen LogP contribution in [-0.4, -0.2) is 24.9 Å². The molecule has 0 aliphatic carbocycles. The minimum atomic E-state index is -0.283. The Morgan fingerprint density at radius 2 is 1.67 bits per heavy atom. The number of rotatable bonds is 3. The van der Waals surface area contributed by atoms with Crippen LogP contribution in [0.3, 0.4) is 0 Å². The van der Waals surface area contributed by atoms with Crippen LogP contribution in [0.4, 0.5) is 0 Å². The van der Waals surface area contributed by atoms with Crippen LogP contribution in [0.25, 0.3) is 0 Å². The molecule has 0 atom stereocenters. The molecule has 0 aliphatic rings. The third-order valence-electron chi connectivity index (χ3n) is 1.06. The van der Waals surface area contributed by atoms with Crippen molar-refractivity contribution in [2.24, 2.45) is 0 Å². The van der Waals surface area contributed by atoms with Gasteiger partial charge in [-0.15, -0.1) is 0 Å². The Morgan fingerprint density at radius 3 is 2.08 bits per heavy atom. The highest BCUT2D eigenvalue weighted by Gasteiger charge is 1.97. The molecule has 0 spiro atoms. The molecule has 2 amide bonds. The fourth-order valence-electron chi connectivity index (χ4n) is 0.567. The van der Waals surface area contributed by atoms with Crippen molar-refractivity contribution < 1.29 is 9.59 Å². The molecule has 2 N–H and O–H groups in total. The molecule has 0 aliphatic heterocycles. The third-order valence-corrected chi connectivity index (χ3v) is 1.06. The fraction of sp³-hybridized carbons (Fsp3) is 0.500. The van der Waals surface area contributed by atoms with E-state index in [1.165, 1.54) is 19.2 Å². The highest BCUT2D eigenvalue weighted by atomic mass is 16.2. The van der Waals surface area contributed by atoms with Crippen LogP contribution in [0.1, 0.15) is 13.8 Å². The predicted molar refractivity (Wildman–Crippen MR) is 46.5 cm³/mol. The summed E-state index contributed by atoms with van der Waals surface area (Å²) in [4.78, 5) is 21.5. The molecule has 12 heavy (non-hydrogen) atoms. The maximum Gasteiger partial charge on any atom is 0.244 e. The van der Waals surface area contributed by atoms with E-state index in [1.54, 1.807) is 0 Å². The van der Waals surface area contributed by atoms with Crippen LogP contribution in [-0.2, 0) is 9.59 Å². The molecule has 0 saturated carbocycles. The topological polar surface area (TPSA) is 58.2 Å². The first kappa shape index (κ1) is 10.7. The number of nitrogens with one attached hydrogen (secondary N) is 2. The van der Waals surface area contributed by atoms with E-state index in [0.29, 0.717) is 0 Å². The van der Waals surface area contributed by atoms with Gasteiger partial charge in [0.1, 0.15) is 0 Å². The number of carbonyl (C=O) groups excluding carboxylic acids is 2. The zero-order valence-electron chi connectivity index (χ0n) is 7.55. The van der Waals surface area contributed by atoms with Crippen molar-refractivity contribution in [2.45, 2.75) is 19.9 Å². The van der Waals surface area contributed by atoms with Gasteiger partial charge >= 0.3 is 0 Å². The van der Waals surface area contributed by atoms with Crippen molar-refractivity contribution in [1.82, 2.24) is 10.6 Å². The first-order valence-corrected chi connectivity index (χ1v) is 3.76. The van der Waals surface area contributed by atoms with Gasteiger partial charge in [-0.2, -0.15) is 0 Å². The molecule has 0 unspecified atom stereocenters. The molecule has 0 aromatic carbocycles. The Labute approximate surface area is 72.0 Å². The van der Waals surface area contributed by atoms with Gasteiger partial charge in [-0.25, -0.2) is 0 Å². The summed E-state index contributed by atoms with van der Waals surface area (Å²) in [6.07, 6.45) is 2.40. The zero-order chi connectivity index (χ0) is 9.56. The Hall–Kier alpha value is -1.32. The lowest BCUT2D eigenvalue weighted by atomic mass is 10.3. The highest BCUT2D eigenvalue weighted by molar-refractivity contribution is 5.96. The minimum Gasteiger partial charge on any atom is -0.356 e. The third kappa shape index (κ3) is 5.46. The van der Waals surface area contributed by atoms with Gasteiger partial charge < -0.3 is 10.6 Å². The molecule has 0 heterocycles. The van der Waals surface area contributed by atoms with Gasteiger partial charge in [-0.3, -0.25) is 9.59 Å². The average Bonchev–Trinajstić information content (AvgIpc) is 1.99. The second kappa shape index (κ2) is 5.35. The first-order chi connectivity index (χ1) is 5.56. The fourth-order valence-corrected chi connectivity index (χ4v) is 0.567. The molecular formula is C8H14N2O2. The van der Waals surface area contributed by atoms with Gasteiger partial charge in [-0.1, -0.05) is 0 Å². The summed E-state index contributed by atoms with van der Waals surface area (Å²) in [6, 6.07) is 0.0897. The Bertz CT molecular complexity index is 197. The maximum atomic E-state index is 10.9. The van der Waals surface area contributed by atoms with E-state index in [0.717, 1.165) is 0 Å². The molecular weight excluding hydrogens is 156 g/mol. The Balaban J connectivity index is 3.83. The summed E-state index contributed by atoms with van der Waals surface area (Å²) in [5, 5.41) is 4.98. The van der Waals surface area contributed by atoms with Crippen LogP contribution in [0.15, 0.2) is 12.2 Å². The van der Waals surface area contributed by atoms with Gasteiger partial charge in [0.25, 0.3) is 0 Å². The van der Waals surface area contributed by atoms with Gasteiger partial charge in [0.05, 0.1) is 0 Å². The normalized spacial score (nSPS) is 10.3. The molecule has 0 saturated heterocycles. The van der Waals surface area contributed by atoms with E-state index in [2.05, 4.69) is 10.6 Å². The number of carbonyl (C=O) groups is 2. The molecule has 0 radical (unpaired) electrons. The molecule has 0 aromatic heterocycles. The Morgan fingerprint density at radius 1 is 1.17 bits per heavy atom. The lowest BCUT2D eigenvalue weighted by Crippen LogP contribution is -2.28. The van der Waals surface area contributed by atoms with Gasteiger partial charge in [0.15, 0.2) is 0 Å². The molecule has 4 heteroatoms. The highest BCUT2D eigenvalue weighted by Crippen LogP contribution is 1.79. The standard InChI is InChI=1S/C8H14N2O2/c1-6(2)10-8(12)5-4-7(11)9-3/h4-6H,1-3H3,(H,9,11)(H,10,12)/b5-4-. The van der Waals surface area contributed by atoms with Gasteiger partial charge in [0, 0.05) is 25.2 Å². The monoisotopic (exact) mass is 170 g/mol. The molecule has 0 rings (SSSR count). The lowest BCUT2D eigenvalue weighted by molar-refractivity contribution is -0.118. The van der Waals surface area contributed by atoms with Crippen molar-refractivity contribution in [1.29, 1.82) is 0 Å². The smallest absolute Gasteiger partial charge is 0.244 e. The molecule has 0 bridgehead atoms. The SMILES string of the molecule is CNC(=O)/C=C\C(=O)NC(C)C. The second-order valence-corrected chi connectivity index (χ2v) is 2.61. The number of hydrogen-bond acceptors (Lipinski definition) is 2. The molecule has 0 aromatic rings. The largest absolute Gasteiger partial charge is 0.356 e. The average molecular weight is 170 g/mol. The maximum absolute atomic E-state index is 10.9. The van der Waals surface area contributed by atoms with Crippen molar-refractivity contribution in [2.75, 3.05) is 7.05 Å². The summed E-state index contributed by atoms with van der Waals surface area (Å²) in [5.41, 5.74) is 0. The molecule has 68 valence electrons. The quantitative estimate of drug-likeness (QED) is 0.577. The number of amides is 2. The zero-order valence-corrected chi connectivity index (χ0v) is 7.55. The molecule has 4 nitrogen and oxygen atoms in total. The van der Waals surface area contributed by atoms with Gasteiger partial charge in [0.2, 0.25) is 11.8 Å². The van der Waals surface area contributed by atoms with Gasteiger partial charge in [-0.05, 0) is 13.8 Å². The number of likely N-dealkylation sites (N-methyl/N-ethyl adjacent to an activating group) is 1. The van der Waals surface area contributed by atoms with Crippen LogP contribution in [0, 0.1) is 0 Å². The summed E-state index contributed by atoms with van der Waals surface area (Å²) in [7, 11) is 1.51. The van der Waals surface area contributed by atoms with Crippen LogP contribution in [0.2, 0.25) is 0 Å². The minimum absolute atomic E-state index is 0.0897. The number of hydrogen-bond donors (Lipinski definition) is 2. The van der Waals surface area contributed by atoms with E-state index >= 15 is 0 Å². The van der Waals surface area contributed by atoms with Crippen molar-refractivity contribution in [3.63, 3.8) is 0 Å². The summed E-state index contributed by atoms with van der Waals surface area (Å²) >= 11 is 0. The van der Waals surface area contributed by atoms with Crippen LogP contribution < -0.4 is 10.6 Å². The van der Waals surface area contributed by atoms with Crippen molar-refractivity contribution in [3.8, 4) is 0 Å². The first-order valence-electron chi connectivity index (χ1n) is 3.76. The predicted octanol–water partition coefficient (Wildman–Crippen LogP) is -0.187. The second-order valence-electron chi connectivity index (χ2n) is 2.61. The Kier molecular flexibility index (Phi) is 4.76. The molecule has 0 fully saturated rings. The van der Waals surface area contributed by atoms with E-state index in [-0.39, 0.29) is 17.9 Å². The van der Waals surface area contributed by atoms with E-state index in [4.69, 9.17) is 0 Å². The summed E-state index contributed by atoms with van der Waals surface area (Å²) in [5.74, 6) is -0.539. The summed E-state index contributed by atoms with van der Waals surface area (Å²) in [6.45, 7) is 3.71. The van der Waals surface area contributed by atoms with E-state index in [1.807, 2.05) is 13.8 Å². The van der Waals surface area contributed by atoms with Crippen LogP contribution in [0.5, 0.6) is 0 Å². The lowest BCUT2D eigenvalue weighted by Gasteiger charge is -2.03.